The van der Waals surface area contributed by atoms with Crippen LogP contribution in [0.5, 0.6) is 0 Å². The second kappa shape index (κ2) is 6.01. The van der Waals surface area contributed by atoms with Gasteiger partial charge in [0.1, 0.15) is 11.4 Å². The van der Waals surface area contributed by atoms with E-state index in [4.69, 9.17) is 0 Å². The van der Waals surface area contributed by atoms with E-state index in [1.165, 1.54) is 0 Å². The van der Waals surface area contributed by atoms with E-state index in [1.807, 2.05) is 19.1 Å². The number of nitro benzene ring substituents is 1. The fraction of sp³-hybridized carbons (Fsp3) is 0.214. The second-order valence-electron chi connectivity index (χ2n) is 4.37. The van der Waals surface area contributed by atoms with Crippen LogP contribution in [0.4, 0.5) is 17.1 Å². The summed E-state index contributed by atoms with van der Waals surface area (Å²) in [6.45, 7) is 2.40. The molecule has 0 bridgehead atoms. The molecule has 0 atom stereocenters. The van der Waals surface area contributed by atoms with Crippen LogP contribution < -0.4 is 10.6 Å². The van der Waals surface area contributed by atoms with Crippen LogP contribution in [0.1, 0.15) is 11.3 Å². The zero-order valence-electron chi connectivity index (χ0n) is 11.4. The number of nitrogens with zero attached hydrogens (tertiary/aromatic N) is 2. The molecule has 104 valence electrons. The number of nitrogens with one attached hydrogen (secondary N) is 2. The van der Waals surface area contributed by atoms with Gasteiger partial charge in [-0.05, 0) is 30.7 Å². The van der Waals surface area contributed by atoms with E-state index in [9.17, 15) is 10.1 Å². The van der Waals surface area contributed by atoms with E-state index in [0.717, 1.165) is 11.3 Å². The topological polar surface area (TPSA) is 80.1 Å². The van der Waals surface area contributed by atoms with Crippen molar-refractivity contribution in [3.63, 3.8) is 0 Å². The molecule has 0 radical (unpaired) electrons. The number of hydrogen-bond acceptors (Lipinski definition) is 5. The number of aromatic nitrogens is 1. The van der Waals surface area contributed by atoms with Crippen molar-refractivity contribution >= 4 is 17.1 Å². The minimum atomic E-state index is -0.387. The average Bonchev–Trinajstić information content (AvgIpc) is 2.46. The monoisotopic (exact) mass is 272 g/mol. The summed E-state index contributed by atoms with van der Waals surface area (Å²) in [7, 11) is 1.66. The Hall–Kier alpha value is -2.63. The lowest BCUT2D eigenvalue weighted by atomic mass is 10.2. The first kappa shape index (κ1) is 13.8. The lowest BCUT2D eigenvalue weighted by Gasteiger charge is -2.10. The predicted molar refractivity (Wildman–Crippen MR) is 78.9 cm³/mol. The first-order chi connectivity index (χ1) is 9.61. The van der Waals surface area contributed by atoms with Crippen LogP contribution in [0.25, 0.3) is 0 Å². The van der Waals surface area contributed by atoms with E-state index in [-0.39, 0.29) is 10.6 Å². The Morgan fingerprint density at radius 3 is 2.60 bits per heavy atom. The Kier molecular flexibility index (Phi) is 4.14. The zero-order valence-corrected chi connectivity index (χ0v) is 11.4. The fourth-order valence-electron chi connectivity index (χ4n) is 1.88. The summed E-state index contributed by atoms with van der Waals surface area (Å²) in [4.78, 5) is 15.0. The number of aryl methyl sites for hydroxylation is 1. The maximum Gasteiger partial charge on any atom is 0.315 e. The molecule has 6 heteroatoms. The van der Waals surface area contributed by atoms with Gasteiger partial charge in [0.05, 0.1) is 4.92 Å². The van der Waals surface area contributed by atoms with E-state index < -0.39 is 0 Å². The van der Waals surface area contributed by atoms with Crippen LogP contribution in [0.15, 0.2) is 36.5 Å². The minimum absolute atomic E-state index is 0.0510. The van der Waals surface area contributed by atoms with Gasteiger partial charge in [0, 0.05) is 25.5 Å². The Labute approximate surface area is 117 Å². The molecule has 0 fully saturated rings. The van der Waals surface area contributed by atoms with Gasteiger partial charge in [0.25, 0.3) is 0 Å². The lowest BCUT2D eigenvalue weighted by Crippen LogP contribution is -2.05. The molecule has 0 aliphatic heterocycles. The van der Waals surface area contributed by atoms with Crippen molar-refractivity contribution < 1.29 is 4.92 Å². The molecule has 1 aromatic heterocycles. The summed E-state index contributed by atoms with van der Waals surface area (Å²) in [5.74, 6) is 0. The number of hydrogen-bond donors (Lipinski definition) is 2. The number of anilines is 2. The summed E-state index contributed by atoms with van der Waals surface area (Å²) >= 11 is 0. The molecule has 0 amide bonds. The maximum absolute atomic E-state index is 11.2. The Balaban J connectivity index is 2.21. The molecule has 2 aromatic rings. The van der Waals surface area contributed by atoms with Gasteiger partial charge in [-0.15, -0.1) is 0 Å². The van der Waals surface area contributed by atoms with Crippen molar-refractivity contribution in [2.24, 2.45) is 0 Å². The zero-order chi connectivity index (χ0) is 14.5. The van der Waals surface area contributed by atoms with E-state index in [0.29, 0.717) is 17.9 Å². The third-order valence-electron chi connectivity index (χ3n) is 2.94. The van der Waals surface area contributed by atoms with Gasteiger partial charge in [-0.1, -0.05) is 12.1 Å². The highest BCUT2D eigenvalue weighted by Gasteiger charge is 2.18. The van der Waals surface area contributed by atoms with Crippen molar-refractivity contribution in [2.45, 2.75) is 13.5 Å². The molecule has 0 aliphatic rings. The van der Waals surface area contributed by atoms with Gasteiger partial charge in [0.2, 0.25) is 0 Å². The summed E-state index contributed by atoms with van der Waals surface area (Å²) < 4.78 is 0. The number of pyridine rings is 1. The molecule has 2 rings (SSSR count). The normalized spacial score (nSPS) is 10.1. The Bertz CT molecular complexity index is 611. The fourth-order valence-corrected chi connectivity index (χ4v) is 1.88. The van der Waals surface area contributed by atoms with Crippen LogP contribution >= 0.6 is 0 Å². The summed E-state index contributed by atoms with van der Waals surface area (Å²) in [5.41, 5.74) is 2.94. The van der Waals surface area contributed by atoms with Crippen LogP contribution in [-0.2, 0) is 6.54 Å². The van der Waals surface area contributed by atoms with Crippen LogP contribution in [-0.4, -0.2) is 17.0 Å². The highest BCUT2D eigenvalue weighted by Crippen LogP contribution is 2.32. The Morgan fingerprint density at radius 1 is 1.25 bits per heavy atom. The van der Waals surface area contributed by atoms with Gasteiger partial charge in [-0.25, -0.2) is 0 Å². The van der Waals surface area contributed by atoms with Gasteiger partial charge in [-0.3, -0.25) is 15.1 Å². The number of nitro groups is 1. The molecule has 20 heavy (non-hydrogen) atoms. The first-order valence-corrected chi connectivity index (χ1v) is 6.22. The van der Waals surface area contributed by atoms with Crippen molar-refractivity contribution in [2.75, 3.05) is 17.7 Å². The Morgan fingerprint density at radius 2 is 2.00 bits per heavy atom. The van der Waals surface area contributed by atoms with Gasteiger partial charge < -0.3 is 10.6 Å². The van der Waals surface area contributed by atoms with Gasteiger partial charge in [-0.2, -0.15) is 0 Å². The number of rotatable bonds is 5. The molecule has 0 saturated carbocycles. The molecule has 1 aromatic carbocycles. The van der Waals surface area contributed by atoms with Crippen LogP contribution in [0.3, 0.4) is 0 Å². The summed E-state index contributed by atoms with van der Waals surface area (Å²) in [6, 6.07) is 9.00. The predicted octanol–water partition coefficient (Wildman–Crippen LogP) is 2.95. The second-order valence-corrected chi connectivity index (χ2v) is 4.37. The average molecular weight is 272 g/mol. The smallest absolute Gasteiger partial charge is 0.315 e. The SMILES string of the molecule is CNc1cccc(NCc2ccc(C)nc2)c1[N+](=O)[O-]. The molecule has 2 N–H and O–H groups in total. The molecule has 0 aliphatic carbocycles. The third kappa shape index (κ3) is 3.03. The molecule has 0 saturated heterocycles. The molecular weight excluding hydrogens is 256 g/mol. The first-order valence-electron chi connectivity index (χ1n) is 6.22. The standard InChI is InChI=1S/C14H16N4O2/c1-10-6-7-11(8-16-10)9-17-13-5-3-4-12(15-2)14(13)18(19)20/h3-8,15,17H,9H2,1-2H3. The largest absolute Gasteiger partial charge is 0.382 e. The van der Waals surface area contributed by atoms with Gasteiger partial charge in [0.15, 0.2) is 0 Å². The minimum Gasteiger partial charge on any atom is -0.382 e. The van der Waals surface area contributed by atoms with E-state index >= 15 is 0 Å². The highest BCUT2D eigenvalue weighted by atomic mass is 16.6. The van der Waals surface area contributed by atoms with Crippen molar-refractivity contribution in [1.82, 2.24) is 4.98 Å². The summed E-state index contributed by atoms with van der Waals surface area (Å²) in [6.07, 6.45) is 1.76. The molecule has 6 nitrogen and oxygen atoms in total. The van der Waals surface area contributed by atoms with Crippen molar-refractivity contribution in [1.29, 1.82) is 0 Å². The molecular formula is C14H16N4O2. The van der Waals surface area contributed by atoms with Gasteiger partial charge >= 0.3 is 5.69 Å². The third-order valence-corrected chi connectivity index (χ3v) is 2.94. The maximum atomic E-state index is 11.2. The van der Waals surface area contributed by atoms with Crippen LogP contribution in [0.2, 0.25) is 0 Å². The highest BCUT2D eigenvalue weighted by molar-refractivity contribution is 5.76. The van der Waals surface area contributed by atoms with Crippen LogP contribution in [0, 0.1) is 17.0 Å². The molecule has 0 spiro atoms. The summed E-state index contributed by atoms with van der Waals surface area (Å²) in [5, 5.41) is 17.1. The van der Waals surface area contributed by atoms with E-state index in [1.54, 1.807) is 31.4 Å². The lowest BCUT2D eigenvalue weighted by molar-refractivity contribution is -0.383. The van der Waals surface area contributed by atoms with E-state index in [2.05, 4.69) is 15.6 Å². The quantitative estimate of drug-likeness (QED) is 0.646. The van der Waals surface area contributed by atoms with Crippen molar-refractivity contribution in [3.05, 3.63) is 57.9 Å². The molecule has 1 heterocycles. The molecule has 0 unspecified atom stereocenters. The van der Waals surface area contributed by atoms with Crippen molar-refractivity contribution in [3.8, 4) is 0 Å². The number of benzene rings is 1. The number of para-hydroxylation sites is 1.